The fourth-order valence-corrected chi connectivity index (χ4v) is 4.55. The fraction of sp³-hybridized carbons (Fsp3) is 0.458. The Labute approximate surface area is 173 Å². The van der Waals surface area contributed by atoms with Gasteiger partial charge in [0.25, 0.3) is 0 Å². The summed E-state index contributed by atoms with van der Waals surface area (Å²) in [5.41, 5.74) is 4.05. The number of urea groups is 1. The Morgan fingerprint density at radius 2 is 1.83 bits per heavy atom. The summed E-state index contributed by atoms with van der Waals surface area (Å²) in [5, 5.41) is 13.4. The second-order valence-corrected chi connectivity index (χ2v) is 8.29. The van der Waals surface area contributed by atoms with Gasteiger partial charge < -0.3 is 15.3 Å². The first-order chi connectivity index (χ1) is 14.2. The molecule has 0 radical (unpaired) electrons. The molecule has 2 N–H and O–H groups in total. The summed E-state index contributed by atoms with van der Waals surface area (Å²) < 4.78 is 0. The van der Waals surface area contributed by atoms with Crippen LogP contribution in [0.1, 0.15) is 35.4 Å². The number of β-amino-alcohol motifs (C(OH)–C–C–N with tert-alkyl or cyclic N) is 1. The molecule has 0 saturated carbocycles. The summed E-state index contributed by atoms with van der Waals surface area (Å²) in [6, 6.07) is 18.9. The van der Waals surface area contributed by atoms with Crippen molar-refractivity contribution < 1.29 is 9.90 Å². The Morgan fingerprint density at radius 1 is 1.07 bits per heavy atom. The molecule has 2 heterocycles. The molecule has 29 heavy (non-hydrogen) atoms. The third-order valence-electron chi connectivity index (χ3n) is 6.15. The molecule has 1 saturated heterocycles. The van der Waals surface area contributed by atoms with Crippen LogP contribution >= 0.6 is 0 Å². The van der Waals surface area contributed by atoms with Crippen LogP contribution in [0.4, 0.5) is 4.79 Å². The van der Waals surface area contributed by atoms with Gasteiger partial charge >= 0.3 is 6.03 Å². The van der Waals surface area contributed by atoms with Gasteiger partial charge in [0, 0.05) is 45.2 Å². The van der Waals surface area contributed by atoms with Gasteiger partial charge in [-0.1, -0.05) is 54.6 Å². The number of likely N-dealkylation sites (tertiary alicyclic amines) is 1. The van der Waals surface area contributed by atoms with Crippen molar-refractivity contribution in [3.63, 3.8) is 0 Å². The smallest absolute Gasteiger partial charge is 0.317 e. The summed E-state index contributed by atoms with van der Waals surface area (Å²) in [4.78, 5) is 16.8. The summed E-state index contributed by atoms with van der Waals surface area (Å²) >= 11 is 0. The van der Waals surface area contributed by atoms with Gasteiger partial charge in [0.2, 0.25) is 0 Å². The van der Waals surface area contributed by atoms with E-state index < -0.39 is 6.10 Å². The van der Waals surface area contributed by atoms with Crippen molar-refractivity contribution in [2.75, 3.05) is 32.7 Å². The van der Waals surface area contributed by atoms with Crippen molar-refractivity contribution in [2.24, 2.45) is 0 Å². The number of nitrogens with one attached hydrogen (secondary N) is 1. The lowest BCUT2D eigenvalue weighted by Gasteiger charge is -2.34. The van der Waals surface area contributed by atoms with E-state index in [-0.39, 0.29) is 6.03 Å². The second kappa shape index (κ2) is 9.42. The van der Waals surface area contributed by atoms with Crippen LogP contribution < -0.4 is 5.32 Å². The minimum absolute atomic E-state index is 0.0614. The molecule has 1 fully saturated rings. The fourth-order valence-electron chi connectivity index (χ4n) is 4.55. The van der Waals surface area contributed by atoms with Crippen LogP contribution in [0, 0.1) is 0 Å². The van der Waals surface area contributed by atoms with Crippen molar-refractivity contribution in [3.05, 3.63) is 71.3 Å². The summed E-state index contributed by atoms with van der Waals surface area (Å²) in [6.07, 6.45) is 2.60. The first-order valence-corrected chi connectivity index (χ1v) is 10.7. The maximum absolute atomic E-state index is 12.6. The molecule has 2 aliphatic rings. The van der Waals surface area contributed by atoms with Gasteiger partial charge in [0.15, 0.2) is 0 Å². The number of amides is 2. The molecule has 2 amide bonds. The average Bonchev–Trinajstić information content (AvgIpc) is 2.78. The predicted octanol–water partition coefficient (Wildman–Crippen LogP) is 2.99. The van der Waals surface area contributed by atoms with E-state index in [9.17, 15) is 9.90 Å². The molecule has 154 valence electrons. The van der Waals surface area contributed by atoms with Gasteiger partial charge in [0.1, 0.15) is 0 Å². The highest BCUT2D eigenvalue weighted by Crippen LogP contribution is 2.26. The van der Waals surface area contributed by atoms with Gasteiger partial charge in [-0.25, -0.2) is 4.79 Å². The minimum Gasteiger partial charge on any atom is -0.390 e. The topological polar surface area (TPSA) is 55.8 Å². The van der Waals surface area contributed by atoms with Gasteiger partial charge in [-0.3, -0.25) is 4.90 Å². The summed E-state index contributed by atoms with van der Waals surface area (Å²) in [6.45, 7) is 4.23. The average molecular weight is 394 g/mol. The third-order valence-corrected chi connectivity index (χ3v) is 6.15. The van der Waals surface area contributed by atoms with E-state index in [0.29, 0.717) is 19.0 Å². The Kier molecular flexibility index (Phi) is 6.47. The number of rotatable bonds is 5. The Morgan fingerprint density at radius 3 is 2.66 bits per heavy atom. The van der Waals surface area contributed by atoms with Crippen LogP contribution in [0.5, 0.6) is 0 Å². The molecular formula is C24H31N3O2. The van der Waals surface area contributed by atoms with Crippen LogP contribution in [-0.4, -0.2) is 59.8 Å². The van der Waals surface area contributed by atoms with Crippen LogP contribution in [0.15, 0.2) is 54.6 Å². The molecule has 0 spiro atoms. The number of aliphatic hydroxyl groups is 1. The number of fused-ring (bicyclic) bond motifs is 1. The van der Waals surface area contributed by atoms with E-state index in [0.717, 1.165) is 45.4 Å². The molecule has 2 aromatic rings. The van der Waals surface area contributed by atoms with Gasteiger partial charge in [-0.05, 0) is 36.0 Å². The Hall–Kier alpha value is -2.37. The normalized spacial score (nSPS) is 20.7. The molecular weight excluding hydrogens is 362 g/mol. The van der Waals surface area contributed by atoms with Crippen molar-refractivity contribution in [1.82, 2.24) is 15.1 Å². The molecule has 2 aliphatic heterocycles. The SMILES string of the molecule is O=C(NCC(O)CN1CCc2ccccc2C1)N1CCCC(c2ccccc2)C1. The lowest BCUT2D eigenvalue weighted by atomic mass is 9.91. The molecule has 5 heteroatoms. The highest BCUT2D eigenvalue weighted by atomic mass is 16.3. The number of hydrogen-bond donors (Lipinski definition) is 2. The number of benzene rings is 2. The predicted molar refractivity (Wildman–Crippen MR) is 115 cm³/mol. The monoisotopic (exact) mass is 393 g/mol. The molecule has 4 rings (SSSR count). The first kappa shape index (κ1) is 19.9. The number of piperidine rings is 1. The lowest BCUT2D eigenvalue weighted by molar-refractivity contribution is 0.102. The molecule has 2 aromatic carbocycles. The summed E-state index contributed by atoms with van der Waals surface area (Å²) in [5.74, 6) is 0.397. The van der Waals surface area contributed by atoms with E-state index in [2.05, 4.69) is 58.7 Å². The van der Waals surface area contributed by atoms with Crippen LogP contribution in [0.3, 0.4) is 0 Å². The standard InChI is InChI=1S/C24H31N3O2/c28-23(18-26-14-12-20-9-4-5-10-21(20)16-26)15-25-24(29)27-13-6-11-22(17-27)19-7-2-1-3-8-19/h1-5,7-10,22-23,28H,6,11-18H2,(H,25,29). The molecule has 0 aromatic heterocycles. The molecule has 2 unspecified atom stereocenters. The van der Waals surface area contributed by atoms with E-state index >= 15 is 0 Å². The molecule has 5 nitrogen and oxygen atoms in total. The molecule has 2 atom stereocenters. The lowest BCUT2D eigenvalue weighted by Crippen LogP contribution is -2.48. The number of carbonyl (C=O) groups is 1. The van der Waals surface area contributed by atoms with E-state index in [1.54, 1.807) is 0 Å². The number of aliphatic hydroxyl groups excluding tert-OH is 1. The Bertz CT molecular complexity index is 811. The zero-order valence-electron chi connectivity index (χ0n) is 17.0. The highest BCUT2D eigenvalue weighted by Gasteiger charge is 2.25. The quantitative estimate of drug-likeness (QED) is 0.821. The molecule has 0 bridgehead atoms. The maximum Gasteiger partial charge on any atom is 0.317 e. The van der Waals surface area contributed by atoms with Crippen molar-refractivity contribution >= 4 is 6.03 Å². The van der Waals surface area contributed by atoms with Crippen LogP contribution in [-0.2, 0) is 13.0 Å². The second-order valence-electron chi connectivity index (χ2n) is 8.29. The number of hydrogen-bond acceptors (Lipinski definition) is 3. The van der Waals surface area contributed by atoms with E-state index in [1.165, 1.54) is 16.7 Å². The van der Waals surface area contributed by atoms with Crippen LogP contribution in [0.25, 0.3) is 0 Å². The van der Waals surface area contributed by atoms with Crippen molar-refractivity contribution in [1.29, 1.82) is 0 Å². The van der Waals surface area contributed by atoms with Gasteiger partial charge in [0.05, 0.1) is 6.10 Å². The maximum atomic E-state index is 12.6. The Balaban J connectivity index is 1.23. The largest absolute Gasteiger partial charge is 0.390 e. The first-order valence-electron chi connectivity index (χ1n) is 10.7. The van der Waals surface area contributed by atoms with Crippen molar-refractivity contribution in [2.45, 2.75) is 37.8 Å². The zero-order chi connectivity index (χ0) is 20.1. The van der Waals surface area contributed by atoms with E-state index in [1.807, 2.05) is 11.0 Å². The summed E-state index contributed by atoms with van der Waals surface area (Å²) in [7, 11) is 0. The molecule has 0 aliphatic carbocycles. The third kappa shape index (κ3) is 5.17. The number of nitrogens with zero attached hydrogens (tertiary/aromatic N) is 2. The highest BCUT2D eigenvalue weighted by molar-refractivity contribution is 5.74. The van der Waals surface area contributed by atoms with E-state index in [4.69, 9.17) is 0 Å². The number of carbonyl (C=O) groups excluding carboxylic acids is 1. The minimum atomic E-state index is -0.557. The zero-order valence-corrected chi connectivity index (χ0v) is 17.0. The van der Waals surface area contributed by atoms with Crippen molar-refractivity contribution in [3.8, 4) is 0 Å². The van der Waals surface area contributed by atoms with Gasteiger partial charge in [-0.2, -0.15) is 0 Å². The van der Waals surface area contributed by atoms with Gasteiger partial charge in [-0.15, -0.1) is 0 Å². The van der Waals surface area contributed by atoms with Crippen LogP contribution in [0.2, 0.25) is 0 Å².